The molecule has 5 rings (SSSR count). The fourth-order valence-electron chi connectivity index (χ4n) is 3.76. The van der Waals surface area contributed by atoms with Crippen molar-refractivity contribution in [3.8, 4) is 11.6 Å². The predicted octanol–water partition coefficient (Wildman–Crippen LogP) is 4.20. The third kappa shape index (κ3) is 4.67. The molecule has 4 aromatic rings. The van der Waals surface area contributed by atoms with Gasteiger partial charge in [0.15, 0.2) is 0 Å². The molecule has 0 saturated carbocycles. The first-order valence-corrected chi connectivity index (χ1v) is 12.7. The lowest BCUT2D eigenvalue weighted by molar-refractivity contribution is 0.293. The Kier molecular flexibility index (Phi) is 6.08. The molecule has 3 heterocycles. The molecule has 1 N–H and O–H groups in total. The van der Waals surface area contributed by atoms with Crippen LogP contribution < -0.4 is 19.1 Å². The molecule has 180 valence electrons. The highest BCUT2D eigenvalue weighted by Crippen LogP contribution is 2.33. The molecule has 0 aliphatic carbocycles. The number of anilines is 2. The lowest BCUT2D eigenvalue weighted by Gasteiger charge is -2.28. The predicted molar refractivity (Wildman–Crippen MR) is 134 cm³/mol. The minimum atomic E-state index is -4.02. The molecule has 2 aromatic heterocycles. The van der Waals surface area contributed by atoms with Gasteiger partial charge in [0.2, 0.25) is 5.82 Å². The number of hydrogen-bond donors (Lipinski definition) is 1. The Bertz CT molecular complexity index is 1530. The van der Waals surface area contributed by atoms with E-state index in [0.29, 0.717) is 28.2 Å². The maximum absolute atomic E-state index is 13.2. The lowest BCUT2D eigenvalue weighted by Crippen LogP contribution is -2.28. The molecule has 35 heavy (non-hydrogen) atoms. The summed E-state index contributed by atoms with van der Waals surface area (Å²) in [5.74, 6) is 0.821. The van der Waals surface area contributed by atoms with Crippen molar-refractivity contribution in [2.75, 3.05) is 29.8 Å². The first kappa shape index (κ1) is 23.1. The Morgan fingerprint density at radius 3 is 2.89 bits per heavy atom. The van der Waals surface area contributed by atoms with Gasteiger partial charge in [0.25, 0.3) is 15.9 Å². The minimum absolute atomic E-state index is 0.0264. The van der Waals surface area contributed by atoms with Crippen LogP contribution in [-0.2, 0) is 16.6 Å². The van der Waals surface area contributed by atoms with Gasteiger partial charge in [0, 0.05) is 18.3 Å². The number of rotatable bonds is 6. The molecule has 0 saturated heterocycles. The SMILES string of the molecule is Cc1c(Cl)cccc1S(=O)(=O)Nc1nc2ccncc2nc1OCc1ccc2c(c1)N(C)CCO2. The molecule has 1 aliphatic rings. The second-order valence-corrected chi connectivity index (χ2v) is 10.1. The molecule has 0 radical (unpaired) electrons. The molecule has 9 nitrogen and oxygen atoms in total. The maximum atomic E-state index is 13.2. The average molecular weight is 512 g/mol. The van der Waals surface area contributed by atoms with Gasteiger partial charge in [-0.2, -0.15) is 0 Å². The summed E-state index contributed by atoms with van der Waals surface area (Å²) in [6.07, 6.45) is 3.10. The average Bonchev–Trinajstić information content (AvgIpc) is 2.84. The topological polar surface area (TPSA) is 107 Å². The summed E-state index contributed by atoms with van der Waals surface area (Å²) < 4.78 is 40.6. The van der Waals surface area contributed by atoms with Crippen molar-refractivity contribution in [3.63, 3.8) is 0 Å². The highest BCUT2D eigenvalue weighted by Gasteiger charge is 2.23. The molecule has 0 bridgehead atoms. The second kappa shape index (κ2) is 9.20. The van der Waals surface area contributed by atoms with Gasteiger partial charge in [-0.1, -0.05) is 23.7 Å². The Labute approximate surface area is 207 Å². The van der Waals surface area contributed by atoms with Crippen molar-refractivity contribution in [2.24, 2.45) is 0 Å². The van der Waals surface area contributed by atoms with E-state index in [0.717, 1.165) is 23.5 Å². The largest absolute Gasteiger partial charge is 0.490 e. The van der Waals surface area contributed by atoms with Gasteiger partial charge in [0.05, 0.1) is 28.8 Å². The Hall–Kier alpha value is -3.63. The fraction of sp³-hybridized carbons (Fsp3) is 0.208. The molecule has 0 amide bonds. The summed E-state index contributed by atoms with van der Waals surface area (Å²) in [6.45, 7) is 3.21. The minimum Gasteiger partial charge on any atom is -0.490 e. The van der Waals surface area contributed by atoms with Crippen LogP contribution in [-0.4, -0.2) is 43.6 Å². The number of pyridine rings is 1. The number of fused-ring (bicyclic) bond motifs is 2. The van der Waals surface area contributed by atoms with Gasteiger partial charge >= 0.3 is 0 Å². The third-order valence-corrected chi connectivity index (χ3v) is 7.56. The first-order valence-electron chi connectivity index (χ1n) is 10.8. The summed E-state index contributed by atoms with van der Waals surface area (Å²) in [4.78, 5) is 15.2. The zero-order valence-electron chi connectivity index (χ0n) is 19.0. The molecule has 0 spiro atoms. The van der Waals surface area contributed by atoms with Crippen molar-refractivity contribution in [1.82, 2.24) is 15.0 Å². The number of nitrogens with zero attached hydrogens (tertiary/aromatic N) is 4. The van der Waals surface area contributed by atoms with Crippen LogP contribution in [0.2, 0.25) is 5.02 Å². The maximum Gasteiger partial charge on any atom is 0.263 e. The number of ether oxygens (including phenoxy) is 2. The van der Waals surface area contributed by atoms with Gasteiger partial charge in [-0.3, -0.25) is 9.71 Å². The number of aromatic nitrogens is 3. The number of sulfonamides is 1. The Morgan fingerprint density at radius 1 is 1.17 bits per heavy atom. The van der Waals surface area contributed by atoms with Gasteiger partial charge < -0.3 is 14.4 Å². The molecule has 1 aliphatic heterocycles. The number of halogens is 1. The number of likely N-dealkylation sites (N-methyl/N-ethyl adjacent to an activating group) is 1. The van der Waals surface area contributed by atoms with Crippen molar-refractivity contribution in [1.29, 1.82) is 0 Å². The van der Waals surface area contributed by atoms with E-state index in [1.165, 1.54) is 6.07 Å². The van der Waals surface area contributed by atoms with Crippen LogP contribution in [0.5, 0.6) is 11.6 Å². The summed E-state index contributed by atoms with van der Waals surface area (Å²) in [5, 5.41) is 0.348. The van der Waals surface area contributed by atoms with E-state index < -0.39 is 10.0 Å². The van der Waals surface area contributed by atoms with E-state index in [2.05, 4.69) is 24.6 Å². The molecule has 11 heteroatoms. The number of nitrogens with one attached hydrogen (secondary N) is 1. The molecule has 0 fully saturated rings. The Morgan fingerprint density at radius 2 is 2.03 bits per heavy atom. The molecular formula is C24H22ClN5O4S. The van der Waals surface area contributed by atoms with Crippen LogP contribution in [0.3, 0.4) is 0 Å². The van der Waals surface area contributed by atoms with Gasteiger partial charge in [-0.05, 0) is 48.4 Å². The van der Waals surface area contributed by atoms with Gasteiger partial charge in [-0.15, -0.1) is 0 Å². The van der Waals surface area contributed by atoms with E-state index >= 15 is 0 Å². The van der Waals surface area contributed by atoms with Crippen molar-refractivity contribution in [3.05, 3.63) is 71.0 Å². The highest BCUT2D eigenvalue weighted by atomic mass is 35.5. The van der Waals surface area contributed by atoms with Crippen LogP contribution in [0.1, 0.15) is 11.1 Å². The zero-order valence-corrected chi connectivity index (χ0v) is 20.6. The fourth-order valence-corrected chi connectivity index (χ4v) is 5.25. The normalized spacial score (nSPS) is 13.3. The number of benzene rings is 2. The smallest absolute Gasteiger partial charge is 0.263 e. The monoisotopic (exact) mass is 511 g/mol. The van der Waals surface area contributed by atoms with E-state index in [1.807, 2.05) is 25.2 Å². The van der Waals surface area contributed by atoms with Crippen molar-refractivity contribution < 1.29 is 17.9 Å². The van der Waals surface area contributed by atoms with E-state index in [-0.39, 0.29) is 23.2 Å². The number of hydrogen-bond acceptors (Lipinski definition) is 8. The molecule has 2 aromatic carbocycles. The van der Waals surface area contributed by atoms with E-state index in [4.69, 9.17) is 21.1 Å². The van der Waals surface area contributed by atoms with E-state index in [9.17, 15) is 8.42 Å². The molecular weight excluding hydrogens is 490 g/mol. The first-order chi connectivity index (χ1) is 16.8. The summed E-state index contributed by atoms with van der Waals surface area (Å²) in [6, 6.07) is 12.1. The van der Waals surface area contributed by atoms with Crippen LogP contribution in [0, 0.1) is 6.92 Å². The molecule has 0 unspecified atom stereocenters. The zero-order chi connectivity index (χ0) is 24.6. The Balaban J connectivity index is 1.48. The molecule has 0 atom stereocenters. The van der Waals surface area contributed by atoms with Crippen LogP contribution in [0.25, 0.3) is 11.0 Å². The summed E-state index contributed by atoms with van der Waals surface area (Å²) in [7, 11) is -2.02. The van der Waals surface area contributed by atoms with Crippen molar-refractivity contribution in [2.45, 2.75) is 18.4 Å². The quantitative estimate of drug-likeness (QED) is 0.410. The summed E-state index contributed by atoms with van der Waals surface area (Å²) >= 11 is 6.15. The second-order valence-electron chi connectivity index (χ2n) is 8.07. The van der Waals surface area contributed by atoms with Crippen LogP contribution in [0.4, 0.5) is 11.5 Å². The lowest BCUT2D eigenvalue weighted by atomic mass is 10.1. The summed E-state index contributed by atoms with van der Waals surface area (Å²) in [5.41, 5.74) is 3.21. The highest BCUT2D eigenvalue weighted by molar-refractivity contribution is 7.92. The van der Waals surface area contributed by atoms with E-state index in [1.54, 1.807) is 37.5 Å². The van der Waals surface area contributed by atoms with Gasteiger partial charge in [0.1, 0.15) is 24.5 Å². The van der Waals surface area contributed by atoms with Crippen LogP contribution >= 0.6 is 11.6 Å². The van der Waals surface area contributed by atoms with Gasteiger partial charge in [-0.25, -0.2) is 18.4 Å². The van der Waals surface area contributed by atoms with Crippen LogP contribution in [0.15, 0.2) is 59.8 Å². The van der Waals surface area contributed by atoms with Crippen molar-refractivity contribution >= 4 is 44.2 Å². The third-order valence-electron chi connectivity index (χ3n) is 5.67. The standard InChI is InChI=1S/C24H22ClN5O4S/c1-15-17(25)4-3-5-22(15)35(31,32)29-23-24(28-19-13-26-9-8-18(19)27-23)34-14-16-6-7-21-20(12-16)30(2)10-11-33-21/h3-9,12-13H,10-11,14H2,1-2H3,(H,27,29).